The van der Waals surface area contributed by atoms with E-state index >= 15 is 0 Å². The molecule has 1 heterocycles. The fraction of sp³-hybridized carbons (Fsp3) is 0.100. The maximum Gasteiger partial charge on any atom is 0.293 e. The van der Waals surface area contributed by atoms with Crippen molar-refractivity contribution >= 4 is 29.0 Å². The maximum atomic E-state index is 10.0. The number of benzene rings is 1. The number of fused-ring (bicyclic) bond motifs is 1. The first-order valence-electron chi connectivity index (χ1n) is 4.26. The second-order valence-electron chi connectivity index (χ2n) is 2.94. The molecule has 2 aromatic rings. The lowest BCUT2D eigenvalue weighted by molar-refractivity contribution is -0.129. The van der Waals surface area contributed by atoms with Gasteiger partial charge >= 0.3 is 0 Å². The van der Waals surface area contributed by atoms with Crippen molar-refractivity contribution in [3.8, 4) is 0 Å². The van der Waals surface area contributed by atoms with Gasteiger partial charge in [-0.3, -0.25) is 4.79 Å². The molecule has 76 valence electrons. The molecular weight excluding hydrogens is 216 g/mol. The third-order valence-electron chi connectivity index (χ3n) is 1.93. The summed E-state index contributed by atoms with van der Waals surface area (Å²) in [6.07, 6.45) is 1.63. The normalized spacial score (nSPS) is 10.2. The third kappa shape index (κ3) is 2.22. The lowest BCUT2D eigenvalue weighted by Crippen LogP contribution is -1.91. The van der Waals surface area contributed by atoms with Crippen molar-refractivity contribution in [1.29, 1.82) is 0 Å². The molecule has 0 unspecified atom stereocenters. The van der Waals surface area contributed by atoms with E-state index in [1.807, 2.05) is 18.2 Å². The second-order valence-corrected chi connectivity index (χ2v) is 3.28. The Hall–Kier alpha value is -1.68. The van der Waals surface area contributed by atoms with E-state index in [1.165, 1.54) is 0 Å². The predicted octanol–water partition coefficient (Wildman–Crippen LogP) is 1.96. The molecule has 0 aliphatic heterocycles. The quantitative estimate of drug-likeness (QED) is 0.589. The number of hydrogen-bond donors (Lipinski definition) is 0. The summed E-state index contributed by atoms with van der Waals surface area (Å²) in [6, 6.07) is 5.50. The van der Waals surface area contributed by atoms with Crippen LogP contribution in [0.3, 0.4) is 0 Å². The van der Waals surface area contributed by atoms with Crippen LogP contribution in [-0.2, 0) is 16.1 Å². The molecule has 4 nitrogen and oxygen atoms in total. The summed E-state index contributed by atoms with van der Waals surface area (Å²) < 4.78 is 4.64. The lowest BCUT2D eigenvalue weighted by atomic mass is 10.1. The summed E-state index contributed by atoms with van der Waals surface area (Å²) >= 11 is 5.65. The Kier molecular flexibility index (Phi) is 2.78. The fourth-order valence-electron chi connectivity index (χ4n) is 1.28. The van der Waals surface area contributed by atoms with Gasteiger partial charge in [0.2, 0.25) is 5.28 Å². The minimum Gasteiger partial charge on any atom is -0.463 e. The van der Waals surface area contributed by atoms with Crippen molar-refractivity contribution in [3.63, 3.8) is 0 Å². The Morgan fingerprint density at radius 3 is 3.13 bits per heavy atom. The Balaban J connectivity index is 2.38. The molecule has 0 N–H and O–H groups in total. The molecule has 2 rings (SSSR count). The van der Waals surface area contributed by atoms with E-state index in [0.717, 1.165) is 16.5 Å². The van der Waals surface area contributed by atoms with Gasteiger partial charge in [-0.2, -0.15) is 0 Å². The van der Waals surface area contributed by atoms with Gasteiger partial charge in [-0.1, -0.05) is 6.07 Å². The minimum absolute atomic E-state index is 0.222. The van der Waals surface area contributed by atoms with Crippen LogP contribution in [0.4, 0.5) is 0 Å². The maximum absolute atomic E-state index is 10.0. The van der Waals surface area contributed by atoms with E-state index in [4.69, 9.17) is 11.6 Å². The standard InChI is InChI=1S/C10H7ClN2O2/c11-10-12-4-8-3-7(5-15-6-14)1-2-9(8)13-10/h1-4,6H,5H2. The number of carbonyl (C=O) groups excluding carboxylic acids is 1. The first kappa shape index (κ1) is 9.86. The van der Waals surface area contributed by atoms with Gasteiger partial charge in [0, 0.05) is 11.6 Å². The van der Waals surface area contributed by atoms with Crippen LogP contribution in [0.2, 0.25) is 5.28 Å². The third-order valence-corrected chi connectivity index (χ3v) is 2.11. The van der Waals surface area contributed by atoms with E-state index in [0.29, 0.717) is 6.47 Å². The highest BCUT2D eigenvalue weighted by atomic mass is 35.5. The number of rotatable bonds is 3. The molecule has 5 heteroatoms. The molecule has 0 saturated carbocycles. The summed E-state index contributed by atoms with van der Waals surface area (Å²) in [6.45, 7) is 0.671. The molecule has 0 fully saturated rings. The number of halogens is 1. The van der Waals surface area contributed by atoms with Crippen LogP contribution in [-0.4, -0.2) is 16.4 Å². The van der Waals surface area contributed by atoms with Gasteiger partial charge in [-0.15, -0.1) is 0 Å². The largest absolute Gasteiger partial charge is 0.463 e. The summed E-state index contributed by atoms with van der Waals surface area (Å²) in [5.74, 6) is 0. The van der Waals surface area contributed by atoms with Crippen molar-refractivity contribution in [2.45, 2.75) is 6.61 Å². The summed E-state index contributed by atoms with van der Waals surface area (Å²) in [5, 5.41) is 1.09. The molecule has 1 aromatic heterocycles. The number of ether oxygens (including phenoxy) is 1. The smallest absolute Gasteiger partial charge is 0.293 e. The van der Waals surface area contributed by atoms with E-state index in [2.05, 4.69) is 14.7 Å². The van der Waals surface area contributed by atoms with E-state index in [9.17, 15) is 4.79 Å². The van der Waals surface area contributed by atoms with Crippen LogP contribution in [0.25, 0.3) is 10.9 Å². The second kappa shape index (κ2) is 4.23. The van der Waals surface area contributed by atoms with Crippen LogP contribution >= 0.6 is 11.6 Å². The summed E-state index contributed by atoms with van der Waals surface area (Å²) in [4.78, 5) is 17.9. The molecule has 0 aliphatic carbocycles. The van der Waals surface area contributed by atoms with Crippen molar-refractivity contribution in [2.24, 2.45) is 0 Å². The summed E-state index contributed by atoms with van der Waals surface area (Å²) in [7, 11) is 0. The summed E-state index contributed by atoms with van der Waals surface area (Å²) in [5.41, 5.74) is 1.66. The predicted molar refractivity (Wildman–Crippen MR) is 55.4 cm³/mol. The van der Waals surface area contributed by atoms with Crippen LogP contribution in [0.5, 0.6) is 0 Å². The molecule has 0 atom stereocenters. The Labute approximate surface area is 90.9 Å². The van der Waals surface area contributed by atoms with Gasteiger partial charge in [-0.25, -0.2) is 9.97 Å². The zero-order chi connectivity index (χ0) is 10.7. The van der Waals surface area contributed by atoms with E-state index < -0.39 is 0 Å². The van der Waals surface area contributed by atoms with Gasteiger partial charge in [0.1, 0.15) is 6.61 Å². The topological polar surface area (TPSA) is 52.1 Å². The van der Waals surface area contributed by atoms with Gasteiger partial charge < -0.3 is 4.74 Å². The molecule has 0 aliphatic rings. The first-order chi connectivity index (χ1) is 7.29. The van der Waals surface area contributed by atoms with E-state index in [1.54, 1.807) is 6.20 Å². The number of aromatic nitrogens is 2. The Bertz CT molecular complexity index is 502. The molecule has 0 amide bonds. The molecule has 1 aromatic carbocycles. The van der Waals surface area contributed by atoms with Crippen molar-refractivity contribution in [2.75, 3.05) is 0 Å². The SMILES string of the molecule is O=COCc1ccc2nc(Cl)ncc2c1. The Morgan fingerprint density at radius 2 is 2.33 bits per heavy atom. The van der Waals surface area contributed by atoms with Crippen LogP contribution < -0.4 is 0 Å². The average molecular weight is 223 g/mol. The van der Waals surface area contributed by atoms with Gasteiger partial charge in [-0.05, 0) is 29.3 Å². The average Bonchev–Trinajstić information content (AvgIpc) is 2.26. The zero-order valence-electron chi connectivity index (χ0n) is 7.68. The molecule has 15 heavy (non-hydrogen) atoms. The molecular formula is C10H7ClN2O2. The van der Waals surface area contributed by atoms with Crippen molar-refractivity contribution < 1.29 is 9.53 Å². The molecule has 0 radical (unpaired) electrons. The number of hydrogen-bond acceptors (Lipinski definition) is 4. The monoisotopic (exact) mass is 222 g/mol. The minimum atomic E-state index is 0.222. The molecule has 0 spiro atoms. The van der Waals surface area contributed by atoms with E-state index in [-0.39, 0.29) is 11.9 Å². The van der Waals surface area contributed by atoms with Crippen LogP contribution in [0.1, 0.15) is 5.56 Å². The van der Waals surface area contributed by atoms with Gasteiger partial charge in [0.05, 0.1) is 5.52 Å². The first-order valence-corrected chi connectivity index (χ1v) is 4.64. The highest BCUT2D eigenvalue weighted by molar-refractivity contribution is 6.28. The van der Waals surface area contributed by atoms with Crippen molar-refractivity contribution in [1.82, 2.24) is 9.97 Å². The number of nitrogens with zero attached hydrogens (tertiary/aromatic N) is 2. The molecule has 0 bridgehead atoms. The highest BCUT2D eigenvalue weighted by Crippen LogP contribution is 2.15. The van der Waals surface area contributed by atoms with Crippen molar-refractivity contribution in [3.05, 3.63) is 35.2 Å². The zero-order valence-corrected chi connectivity index (χ0v) is 8.44. The van der Waals surface area contributed by atoms with Crippen LogP contribution in [0.15, 0.2) is 24.4 Å². The van der Waals surface area contributed by atoms with Crippen LogP contribution in [0, 0.1) is 0 Å². The molecule has 0 saturated heterocycles. The van der Waals surface area contributed by atoms with Gasteiger partial charge in [0.25, 0.3) is 6.47 Å². The Morgan fingerprint density at radius 1 is 1.47 bits per heavy atom. The lowest BCUT2D eigenvalue weighted by Gasteiger charge is -2.01. The fourth-order valence-corrected chi connectivity index (χ4v) is 1.42. The van der Waals surface area contributed by atoms with Gasteiger partial charge in [0.15, 0.2) is 0 Å². The number of carbonyl (C=O) groups is 1. The highest BCUT2D eigenvalue weighted by Gasteiger charge is 1.99.